The fraction of sp³-hybridized carbons (Fsp3) is 0.556. The van der Waals surface area contributed by atoms with Crippen LogP contribution in [0.4, 0.5) is 5.95 Å². The van der Waals surface area contributed by atoms with Crippen LogP contribution in [0.3, 0.4) is 0 Å². The van der Waals surface area contributed by atoms with E-state index in [2.05, 4.69) is 14.9 Å². The van der Waals surface area contributed by atoms with Gasteiger partial charge in [-0.2, -0.15) is 0 Å². The Balaban J connectivity index is 2.08. The Morgan fingerprint density at radius 3 is 2.85 bits per heavy atom. The molecular weight excluding hydrogens is 164 g/mol. The zero-order valence-electron chi connectivity index (χ0n) is 7.56. The van der Waals surface area contributed by atoms with E-state index in [-0.39, 0.29) is 6.04 Å². The van der Waals surface area contributed by atoms with Gasteiger partial charge in [0.15, 0.2) is 0 Å². The normalized spacial score (nSPS) is 23.2. The first-order chi connectivity index (χ1) is 6.36. The molecule has 13 heavy (non-hydrogen) atoms. The van der Waals surface area contributed by atoms with Gasteiger partial charge >= 0.3 is 0 Å². The second-order valence-corrected chi connectivity index (χ2v) is 3.40. The average Bonchev–Trinajstić information content (AvgIpc) is 2.19. The molecule has 0 spiro atoms. The topological polar surface area (TPSA) is 55.0 Å². The molecule has 4 heteroatoms. The van der Waals surface area contributed by atoms with Crippen molar-refractivity contribution in [2.75, 3.05) is 18.0 Å². The number of nitrogens with zero attached hydrogens (tertiary/aromatic N) is 3. The maximum Gasteiger partial charge on any atom is 0.225 e. The fourth-order valence-corrected chi connectivity index (χ4v) is 1.65. The van der Waals surface area contributed by atoms with Gasteiger partial charge in [-0.05, 0) is 18.9 Å². The third kappa shape index (κ3) is 1.95. The van der Waals surface area contributed by atoms with Crippen LogP contribution in [0.2, 0.25) is 0 Å². The molecule has 1 unspecified atom stereocenters. The summed E-state index contributed by atoms with van der Waals surface area (Å²) < 4.78 is 0. The predicted octanol–water partition coefficient (Wildman–Crippen LogP) is 0.404. The molecule has 1 saturated heterocycles. The lowest BCUT2D eigenvalue weighted by molar-refractivity contribution is 0.500. The first-order valence-corrected chi connectivity index (χ1v) is 4.64. The molecule has 1 aliphatic rings. The predicted molar refractivity (Wildman–Crippen MR) is 51.5 cm³/mol. The van der Waals surface area contributed by atoms with Gasteiger partial charge in [0.2, 0.25) is 5.95 Å². The summed E-state index contributed by atoms with van der Waals surface area (Å²) in [6.45, 7) is 1.90. The molecule has 1 aliphatic heterocycles. The fourth-order valence-electron chi connectivity index (χ4n) is 1.65. The van der Waals surface area contributed by atoms with Gasteiger partial charge in [-0.1, -0.05) is 0 Å². The maximum absolute atomic E-state index is 5.87. The van der Waals surface area contributed by atoms with Crippen molar-refractivity contribution in [3.63, 3.8) is 0 Å². The summed E-state index contributed by atoms with van der Waals surface area (Å²) in [5, 5.41) is 0. The summed E-state index contributed by atoms with van der Waals surface area (Å²) in [6, 6.07) is 2.10. The largest absolute Gasteiger partial charge is 0.339 e. The number of hydrogen-bond donors (Lipinski definition) is 1. The Morgan fingerprint density at radius 2 is 2.15 bits per heavy atom. The highest BCUT2D eigenvalue weighted by atomic mass is 15.3. The summed E-state index contributed by atoms with van der Waals surface area (Å²) in [6.07, 6.45) is 5.79. The minimum atomic E-state index is 0.276. The van der Waals surface area contributed by atoms with E-state index in [1.54, 1.807) is 12.4 Å². The number of rotatable bonds is 1. The third-order valence-corrected chi connectivity index (χ3v) is 2.29. The molecule has 70 valence electrons. The number of aromatic nitrogens is 2. The van der Waals surface area contributed by atoms with Crippen molar-refractivity contribution in [3.8, 4) is 0 Å². The summed E-state index contributed by atoms with van der Waals surface area (Å²) in [7, 11) is 0. The number of nitrogens with two attached hydrogens (primary N) is 1. The lowest BCUT2D eigenvalue weighted by atomic mass is 10.1. The molecule has 0 saturated carbocycles. The Morgan fingerprint density at radius 1 is 1.38 bits per heavy atom. The molecular formula is C9H14N4. The van der Waals surface area contributed by atoms with E-state index in [4.69, 9.17) is 5.73 Å². The van der Waals surface area contributed by atoms with E-state index < -0.39 is 0 Å². The van der Waals surface area contributed by atoms with Crippen LogP contribution < -0.4 is 10.6 Å². The summed E-state index contributed by atoms with van der Waals surface area (Å²) >= 11 is 0. The number of hydrogen-bond acceptors (Lipinski definition) is 4. The quantitative estimate of drug-likeness (QED) is 0.676. The summed E-state index contributed by atoms with van der Waals surface area (Å²) in [5.41, 5.74) is 5.87. The molecule has 0 radical (unpaired) electrons. The van der Waals surface area contributed by atoms with Crippen LogP contribution in [-0.4, -0.2) is 29.1 Å². The van der Waals surface area contributed by atoms with Gasteiger partial charge in [-0.3, -0.25) is 0 Å². The van der Waals surface area contributed by atoms with Crippen molar-refractivity contribution in [2.24, 2.45) is 5.73 Å². The lowest BCUT2D eigenvalue weighted by Crippen LogP contribution is -2.43. The molecule has 4 nitrogen and oxygen atoms in total. The van der Waals surface area contributed by atoms with Gasteiger partial charge in [-0.15, -0.1) is 0 Å². The van der Waals surface area contributed by atoms with Crippen molar-refractivity contribution < 1.29 is 0 Å². The van der Waals surface area contributed by atoms with Crippen LogP contribution in [-0.2, 0) is 0 Å². The van der Waals surface area contributed by atoms with Gasteiger partial charge < -0.3 is 10.6 Å². The van der Waals surface area contributed by atoms with Crippen molar-refractivity contribution >= 4 is 5.95 Å². The molecule has 1 aromatic heterocycles. The highest BCUT2D eigenvalue weighted by molar-refractivity contribution is 5.29. The van der Waals surface area contributed by atoms with Crippen molar-refractivity contribution in [1.29, 1.82) is 0 Å². The van der Waals surface area contributed by atoms with Crippen LogP contribution in [0.5, 0.6) is 0 Å². The van der Waals surface area contributed by atoms with Gasteiger partial charge in [0, 0.05) is 31.5 Å². The SMILES string of the molecule is NC1CCCN(c2ncccn2)C1. The van der Waals surface area contributed by atoms with Crippen LogP contribution >= 0.6 is 0 Å². The zero-order valence-corrected chi connectivity index (χ0v) is 7.56. The van der Waals surface area contributed by atoms with Gasteiger partial charge in [0.05, 0.1) is 0 Å². The molecule has 2 rings (SSSR count). The van der Waals surface area contributed by atoms with E-state index in [9.17, 15) is 0 Å². The summed E-state index contributed by atoms with van der Waals surface area (Å²) in [4.78, 5) is 10.5. The number of anilines is 1. The van der Waals surface area contributed by atoms with Gasteiger partial charge in [0.25, 0.3) is 0 Å². The molecule has 1 fully saturated rings. The molecule has 1 atom stereocenters. The van der Waals surface area contributed by atoms with E-state index in [0.717, 1.165) is 31.9 Å². The lowest BCUT2D eigenvalue weighted by Gasteiger charge is -2.30. The first-order valence-electron chi connectivity index (χ1n) is 4.64. The minimum absolute atomic E-state index is 0.276. The van der Waals surface area contributed by atoms with Crippen molar-refractivity contribution in [3.05, 3.63) is 18.5 Å². The second-order valence-electron chi connectivity index (χ2n) is 3.40. The maximum atomic E-state index is 5.87. The van der Waals surface area contributed by atoms with Crippen LogP contribution in [0, 0.1) is 0 Å². The first kappa shape index (κ1) is 8.44. The number of piperidine rings is 1. The second kappa shape index (κ2) is 3.70. The van der Waals surface area contributed by atoms with E-state index in [1.807, 2.05) is 6.07 Å². The monoisotopic (exact) mass is 178 g/mol. The van der Waals surface area contributed by atoms with E-state index >= 15 is 0 Å². The smallest absolute Gasteiger partial charge is 0.225 e. The highest BCUT2D eigenvalue weighted by Gasteiger charge is 2.17. The third-order valence-electron chi connectivity index (χ3n) is 2.29. The molecule has 0 aliphatic carbocycles. The molecule has 1 aromatic rings. The Labute approximate surface area is 77.8 Å². The molecule has 2 heterocycles. The van der Waals surface area contributed by atoms with E-state index in [1.165, 1.54) is 0 Å². The molecule has 0 amide bonds. The highest BCUT2D eigenvalue weighted by Crippen LogP contribution is 2.13. The Hall–Kier alpha value is -1.16. The van der Waals surface area contributed by atoms with E-state index in [0.29, 0.717) is 0 Å². The van der Waals surface area contributed by atoms with Crippen LogP contribution in [0.25, 0.3) is 0 Å². The standard InChI is InChI=1S/C9H14N4/c10-8-3-1-6-13(7-8)9-11-4-2-5-12-9/h2,4-5,8H,1,3,6-7,10H2. The zero-order chi connectivity index (χ0) is 9.10. The van der Waals surface area contributed by atoms with Crippen LogP contribution in [0.15, 0.2) is 18.5 Å². The minimum Gasteiger partial charge on any atom is -0.339 e. The summed E-state index contributed by atoms with van der Waals surface area (Å²) in [5.74, 6) is 0.803. The Bertz CT molecular complexity index is 262. The molecule has 0 bridgehead atoms. The van der Waals surface area contributed by atoms with Gasteiger partial charge in [0.1, 0.15) is 0 Å². The van der Waals surface area contributed by atoms with Crippen molar-refractivity contribution in [2.45, 2.75) is 18.9 Å². The molecule has 0 aromatic carbocycles. The van der Waals surface area contributed by atoms with Gasteiger partial charge in [-0.25, -0.2) is 9.97 Å². The van der Waals surface area contributed by atoms with Crippen molar-refractivity contribution in [1.82, 2.24) is 9.97 Å². The molecule has 2 N–H and O–H groups in total. The average molecular weight is 178 g/mol. The Kier molecular flexibility index (Phi) is 2.40. The van der Waals surface area contributed by atoms with Crippen LogP contribution in [0.1, 0.15) is 12.8 Å².